The number of hydrogen-bond acceptors (Lipinski definition) is 3. The molecule has 0 heterocycles. The first-order chi connectivity index (χ1) is 10.1. The quantitative estimate of drug-likeness (QED) is 0.608. The molecule has 0 aromatic rings. The van der Waals surface area contributed by atoms with E-state index in [0.717, 1.165) is 25.7 Å². The molecule has 2 N–H and O–H groups in total. The number of hydrogen-bond donors (Lipinski definition) is 2. The summed E-state index contributed by atoms with van der Waals surface area (Å²) in [5.74, 6) is -0.225. The lowest BCUT2D eigenvalue weighted by atomic mass is 9.88. The topological polar surface area (TPSA) is 75.6 Å². The van der Waals surface area contributed by atoms with Crippen molar-refractivity contribution >= 4 is 11.9 Å². The maximum atomic E-state index is 11.7. The number of rotatable bonds is 10. The maximum absolute atomic E-state index is 11.7. The lowest BCUT2D eigenvalue weighted by Crippen LogP contribution is -2.33. The van der Waals surface area contributed by atoms with Crippen molar-refractivity contribution in [3.8, 4) is 0 Å². The van der Waals surface area contributed by atoms with Crippen LogP contribution in [0.3, 0.4) is 0 Å². The van der Waals surface area contributed by atoms with E-state index in [9.17, 15) is 9.59 Å². The molecular formula is C16H29NO4. The van der Waals surface area contributed by atoms with E-state index in [1.165, 1.54) is 19.3 Å². The van der Waals surface area contributed by atoms with Crippen LogP contribution >= 0.6 is 0 Å². The number of carboxylic acids is 1. The minimum Gasteiger partial charge on any atom is -0.481 e. The SMILES string of the molecule is CC1CCCCC1OCC(=O)NCCCCCCC(=O)O. The molecule has 0 aromatic heterocycles. The summed E-state index contributed by atoms with van der Waals surface area (Å²) in [4.78, 5) is 22.0. The monoisotopic (exact) mass is 299 g/mol. The van der Waals surface area contributed by atoms with E-state index in [1.807, 2.05) is 0 Å². The highest BCUT2D eigenvalue weighted by Gasteiger charge is 2.22. The molecule has 1 amide bonds. The molecule has 1 aliphatic carbocycles. The van der Waals surface area contributed by atoms with Gasteiger partial charge in [0.1, 0.15) is 6.61 Å². The van der Waals surface area contributed by atoms with Crippen molar-refractivity contribution in [2.75, 3.05) is 13.2 Å². The second-order valence-electron chi connectivity index (χ2n) is 6.02. The fourth-order valence-corrected chi connectivity index (χ4v) is 2.75. The van der Waals surface area contributed by atoms with Crippen LogP contribution in [-0.4, -0.2) is 36.2 Å². The van der Waals surface area contributed by atoms with Crippen LogP contribution in [0.4, 0.5) is 0 Å². The summed E-state index contributed by atoms with van der Waals surface area (Å²) in [7, 11) is 0. The third kappa shape index (κ3) is 8.71. The zero-order chi connectivity index (χ0) is 15.5. The van der Waals surface area contributed by atoms with Gasteiger partial charge in [0, 0.05) is 13.0 Å². The Kier molecular flexibility index (Phi) is 9.06. The van der Waals surface area contributed by atoms with Crippen LogP contribution in [0.15, 0.2) is 0 Å². The van der Waals surface area contributed by atoms with Crippen molar-refractivity contribution in [1.82, 2.24) is 5.32 Å². The van der Waals surface area contributed by atoms with Crippen LogP contribution in [0.5, 0.6) is 0 Å². The van der Waals surface area contributed by atoms with Gasteiger partial charge in [-0.3, -0.25) is 9.59 Å². The van der Waals surface area contributed by atoms with Gasteiger partial charge in [-0.2, -0.15) is 0 Å². The summed E-state index contributed by atoms with van der Waals surface area (Å²) in [6.07, 6.45) is 8.67. The van der Waals surface area contributed by atoms with Crippen LogP contribution in [0.25, 0.3) is 0 Å². The van der Waals surface area contributed by atoms with Crippen molar-refractivity contribution < 1.29 is 19.4 Å². The minimum absolute atomic E-state index is 0.0432. The Morgan fingerprint density at radius 3 is 2.57 bits per heavy atom. The first kappa shape index (κ1) is 18.0. The molecule has 0 aromatic carbocycles. The summed E-state index contributed by atoms with van der Waals surface area (Å²) in [5.41, 5.74) is 0. The third-order valence-corrected chi connectivity index (χ3v) is 4.10. The number of carboxylic acid groups (broad SMARTS) is 1. The number of amides is 1. The number of nitrogens with one attached hydrogen (secondary N) is 1. The van der Waals surface area contributed by atoms with Crippen molar-refractivity contribution in [3.05, 3.63) is 0 Å². The molecule has 2 unspecified atom stereocenters. The molecular weight excluding hydrogens is 270 g/mol. The fourth-order valence-electron chi connectivity index (χ4n) is 2.75. The molecule has 1 rings (SSSR count). The van der Waals surface area contributed by atoms with Gasteiger partial charge in [-0.05, 0) is 31.6 Å². The summed E-state index contributed by atoms with van der Waals surface area (Å²) < 4.78 is 5.70. The molecule has 122 valence electrons. The molecule has 1 saturated carbocycles. The van der Waals surface area contributed by atoms with Gasteiger partial charge >= 0.3 is 5.97 Å². The number of unbranched alkanes of at least 4 members (excludes halogenated alkanes) is 3. The highest BCUT2D eigenvalue weighted by molar-refractivity contribution is 5.77. The van der Waals surface area contributed by atoms with Crippen LogP contribution in [-0.2, 0) is 14.3 Å². The lowest BCUT2D eigenvalue weighted by Gasteiger charge is -2.28. The summed E-state index contributed by atoms with van der Waals surface area (Å²) in [5, 5.41) is 11.4. The van der Waals surface area contributed by atoms with Gasteiger partial charge in [-0.1, -0.05) is 32.6 Å². The van der Waals surface area contributed by atoms with E-state index in [-0.39, 0.29) is 25.0 Å². The van der Waals surface area contributed by atoms with Gasteiger partial charge < -0.3 is 15.2 Å². The zero-order valence-electron chi connectivity index (χ0n) is 13.1. The van der Waals surface area contributed by atoms with Gasteiger partial charge in [-0.25, -0.2) is 0 Å². The third-order valence-electron chi connectivity index (χ3n) is 4.10. The Hall–Kier alpha value is -1.10. The molecule has 21 heavy (non-hydrogen) atoms. The molecule has 1 fully saturated rings. The Bertz CT molecular complexity index is 319. The molecule has 0 spiro atoms. The van der Waals surface area contributed by atoms with Crippen LogP contribution in [0, 0.1) is 5.92 Å². The van der Waals surface area contributed by atoms with E-state index >= 15 is 0 Å². The fraction of sp³-hybridized carbons (Fsp3) is 0.875. The number of carbonyl (C=O) groups excluding carboxylic acids is 1. The van der Waals surface area contributed by atoms with Crippen molar-refractivity contribution in [3.63, 3.8) is 0 Å². The molecule has 2 atom stereocenters. The van der Waals surface area contributed by atoms with Crippen LogP contribution in [0.2, 0.25) is 0 Å². The standard InChI is InChI=1S/C16H29NO4/c1-13-8-5-6-9-14(13)21-12-15(18)17-11-7-3-2-4-10-16(19)20/h13-14H,2-12H2,1H3,(H,17,18)(H,19,20). The smallest absolute Gasteiger partial charge is 0.303 e. The minimum atomic E-state index is -0.739. The van der Waals surface area contributed by atoms with Gasteiger partial charge in [0.2, 0.25) is 5.91 Å². The van der Waals surface area contributed by atoms with Gasteiger partial charge in [-0.15, -0.1) is 0 Å². The predicted molar refractivity (Wildman–Crippen MR) is 81.1 cm³/mol. The second-order valence-corrected chi connectivity index (χ2v) is 6.02. The van der Waals surface area contributed by atoms with Crippen LogP contribution < -0.4 is 5.32 Å². The van der Waals surface area contributed by atoms with Crippen molar-refractivity contribution in [2.45, 2.75) is 70.8 Å². The Balaban J connectivity index is 1.95. The number of ether oxygens (including phenoxy) is 1. The molecule has 5 nitrogen and oxygen atoms in total. The highest BCUT2D eigenvalue weighted by atomic mass is 16.5. The normalized spacial score (nSPS) is 22.0. The number of aliphatic carboxylic acids is 1. The molecule has 0 saturated heterocycles. The maximum Gasteiger partial charge on any atom is 0.303 e. The predicted octanol–water partition coefficient (Wildman–Crippen LogP) is 2.73. The zero-order valence-corrected chi connectivity index (χ0v) is 13.1. The Labute approximate surface area is 127 Å². The van der Waals surface area contributed by atoms with Crippen molar-refractivity contribution in [1.29, 1.82) is 0 Å². The molecule has 0 aliphatic heterocycles. The average molecular weight is 299 g/mol. The Morgan fingerprint density at radius 2 is 1.86 bits per heavy atom. The molecule has 1 aliphatic rings. The average Bonchev–Trinajstić information content (AvgIpc) is 2.45. The van der Waals surface area contributed by atoms with Gasteiger partial charge in [0.05, 0.1) is 6.10 Å². The van der Waals surface area contributed by atoms with Gasteiger partial charge in [0.15, 0.2) is 0 Å². The summed E-state index contributed by atoms with van der Waals surface area (Å²) in [6.45, 7) is 3.00. The van der Waals surface area contributed by atoms with E-state index in [0.29, 0.717) is 18.9 Å². The molecule has 0 radical (unpaired) electrons. The molecule has 0 bridgehead atoms. The van der Waals surface area contributed by atoms with Crippen LogP contribution in [0.1, 0.15) is 64.7 Å². The molecule has 5 heteroatoms. The van der Waals surface area contributed by atoms with E-state index in [2.05, 4.69) is 12.2 Å². The van der Waals surface area contributed by atoms with E-state index in [4.69, 9.17) is 9.84 Å². The summed E-state index contributed by atoms with van der Waals surface area (Å²) in [6, 6.07) is 0. The first-order valence-electron chi connectivity index (χ1n) is 8.19. The second kappa shape index (κ2) is 10.6. The highest BCUT2D eigenvalue weighted by Crippen LogP contribution is 2.25. The summed E-state index contributed by atoms with van der Waals surface area (Å²) >= 11 is 0. The lowest BCUT2D eigenvalue weighted by molar-refractivity contribution is -0.137. The largest absolute Gasteiger partial charge is 0.481 e. The first-order valence-corrected chi connectivity index (χ1v) is 8.19. The van der Waals surface area contributed by atoms with Crippen molar-refractivity contribution in [2.24, 2.45) is 5.92 Å². The number of carbonyl (C=O) groups is 2. The Morgan fingerprint density at radius 1 is 1.14 bits per heavy atom. The van der Waals surface area contributed by atoms with Gasteiger partial charge in [0.25, 0.3) is 0 Å². The van der Waals surface area contributed by atoms with E-state index < -0.39 is 5.97 Å². The van der Waals surface area contributed by atoms with E-state index in [1.54, 1.807) is 0 Å².